The number of nitrogens with one attached hydrogen (secondary N) is 2. The third-order valence-electron chi connectivity index (χ3n) is 5.45. The van der Waals surface area contributed by atoms with Crippen LogP contribution in [0.1, 0.15) is 55.4 Å². The third-order valence-corrected chi connectivity index (χ3v) is 5.45. The number of aromatic nitrogens is 5. The van der Waals surface area contributed by atoms with E-state index in [9.17, 15) is 4.79 Å². The third kappa shape index (κ3) is 2.80. The molecule has 3 aromatic rings. The highest BCUT2D eigenvalue weighted by Crippen LogP contribution is 2.39. The Balaban J connectivity index is 1.49. The summed E-state index contributed by atoms with van der Waals surface area (Å²) in [5.74, 6) is 1.32. The topological polar surface area (TPSA) is 102 Å². The maximum absolute atomic E-state index is 12.5. The number of fused-ring (bicyclic) bond motifs is 1. The maximum atomic E-state index is 12.5. The normalized spacial score (nSPS) is 17.1. The SMILES string of the molecule is CC(C)(c1nc(-c2cc3c([nH]c2=O)CCNC3)no1)n1ccc(C2CC2)n1. The summed E-state index contributed by atoms with van der Waals surface area (Å²) in [6, 6.07) is 3.92. The second-order valence-electron chi connectivity index (χ2n) is 7.88. The van der Waals surface area contributed by atoms with Crippen LogP contribution in [0.4, 0.5) is 0 Å². The number of nitrogens with zero attached hydrogens (tertiary/aromatic N) is 4. The Hall–Kier alpha value is -2.74. The molecule has 0 amide bonds. The Morgan fingerprint density at radius 2 is 2.19 bits per heavy atom. The van der Waals surface area contributed by atoms with Crippen molar-refractivity contribution >= 4 is 0 Å². The molecule has 0 radical (unpaired) electrons. The lowest BCUT2D eigenvalue weighted by molar-refractivity contribution is 0.260. The molecular weight excluding hydrogens is 344 g/mol. The smallest absolute Gasteiger partial charge is 0.259 e. The van der Waals surface area contributed by atoms with Gasteiger partial charge in [-0.05, 0) is 44.4 Å². The van der Waals surface area contributed by atoms with Gasteiger partial charge in [-0.15, -0.1) is 0 Å². The van der Waals surface area contributed by atoms with Crippen LogP contribution < -0.4 is 10.9 Å². The standard InChI is InChI=1S/C19H22N6O2/c1-19(2,25-8-6-15(23-25)11-3-4-11)18-22-16(24-27-18)13-9-12-10-20-7-5-14(12)21-17(13)26/h6,8-9,11,20H,3-5,7,10H2,1-2H3,(H,21,26). The minimum atomic E-state index is -0.596. The van der Waals surface area contributed by atoms with Crippen LogP contribution in [0.3, 0.4) is 0 Å². The minimum Gasteiger partial charge on any atom is -0.336 e. The van der Waals surface area contributed by atoms with Gasteiger partial charge in [-0.2, -0.15) is 10.1 Å². The molecule has 8 nitrogen and oxygen atoms in total. The molecular formula is C19H22N6O2. The summed E-state index contributed by atoms with van der Waals surface area (Å²) in [5, 5.41) is 12.1. The van der Waals surface area contributed by atoms with Crippen LogP contribution in [-0.2, 0) is 18.5 Å². The van der Waals surface area contributed by atoms with Crippen LogP contribution in [-0.4, -0.2) is 31.4 Å². The highest BCUT2D eigenvalue weighted by Gasteiger charge is 2.33. The molecule has 140 valence electrons. The van der Waals surface area contributed by atoms with Gasteiger partial charge in [0.1, 0.15) is 5.54 Å². The maximum Gasteiger partial charge on any atom is 0.259 e. The van der Waals surface area contributed by atoms with Gasteiger partial charge in [0, 0.05) is 37.3 Å². The average molecular weight is 366 g/mol. The highest BCUT2D eigenvalue weighted by atomic mass is 16.5. The van der Waals surface area contributed by atoms with Crippen LogP contribution >= 0.6 is 0 Å². The Kier molecular flexibility index (Phi) is 3.58. The first-order chi connectivity index (χ1) is 13.0. The molecule has 1 fully saturated rings. The second-order valence-corrected chi connectivity index (χ2v) is 7.88. The van der Waals surface area contributed by atoms with Crippen molar-refractivity contribution in [2.24, 2.45) is 0 Å². The number of rotatable bonds is 4. The zero-order chi connectivity index (χ0) is 18.6. The van der Waals surface area contributed by atoms with E-state index < -0.39 is 5.54 Å². The van der Waals surface area contributed by atoms with E-state index in [1.807, 2.05) is 30.8 Å². The zero-order valence-corrected chi connectivity index (χ0v) is 15.5. The van der Waals surface area contributed by atoms with Gasteiger partial charge in [-0.3, -0.25) is 9.48 Å². The summed E-state index contributed by atoms with van der Waals surface area (Å²) in [6.07, 6.45) is 5.18. The molecule has 0 aromatic carbocycles. The average Bonchev–Trinajstić information content (AvgIpc) is 3.18. The molecule has 8 heteroatoms. The van der Waals surface area contributed by atoms with Gasteiger partial charge in [0.2, 0.25) is 5.82 Å². The molecule has 1 saturated carbocycles. The molecule has 0 spiro atoms. The first-order valence-corrected chi connectivity index (χ1v) is 9.39. The van der Waals surface area contributed by atoms with E-state index in [-0.39, 0.29) is 5.56 Å². The fourth-order valence-corrected chi connectivity index (χ4v) is 3.52. The van der Waals surface area contributed by atoms with Crippen molar-refractivity contribution < 1.29 is 4.52 Å². The quantitative estimate of drug-likeness (QED) is 0.732. The van der Waals surface area contributed by atoms with Gasteiger partial charge in [0.15, 0.2) is 0 Å². The van der Waals surface area contributed by atoms with Crippen LogP contribution in [0, 0.1) is 0 Å². The summed E-state index contributed by atoms with van der Waals surface area (Å²) in [6.45, 7) is 5.56. The number of hydrogen-bond donors (Lipinski definition) is 2. The van der Waals surface area contributed by atoms with Crippen LogP contribution in [0.15, 0.2) is 27.6 Å². The van der Waals surface area contributed by atoms with Crippen molar-refractivity contribution in [1.29, 1.82) is 0 Å². The number of H-pyrrole nitrogens is 1. The van der Waals surface area contributed by atoms with Crippen molar-refractivity contribution in [3.8, 4) is 11.4 Å². The summed E-state index contributed by atoms with van der Waals surface area (Å²) < 4.78 is 7.39. The molecule has 27 heavy (non-hydrogen) atoms. The van der Waals surface area contributed by atoms with Crippen molar-refractivity contribution in [1.82, 2.24) is 30.2 Å². The molecule has 2 aliphatic rings. The molecule has 4 heterocycles. The first-order valence-electron chi connectivity index (χ1n) is 9.39. The predicted molar refractivity (Wildman–Crippen MR) is 98.4 cm³/mol. The number of aromatic amines is 1. The van der Waals surface area contributed by atoms with E-state index in [4.69, 9.17) is 9.62 Å². The molecule has 1 aliphatic carbocycles. The number of hydrogen-bond acceptors (Lipinski definition) is 6. The monoisotopic (exact) mass is 366 g/mol. The Morgan fingerprint density at radius 1 is 1.33 bits per heavy atom. The van der Waals surface area contributed by atoms with E-state index in [2.05, 4.69) is 26.5 Å². The molecule has 0 atom stereocenters. The second kappa shape index (κ2) is 5.88. The molecule has 1 aliphatic heterocycles. The lowest BCUT2D eigenvalue weighted by Gasteiger charge is -2.20. The number of pyridine rings is 1. The van der Waals surface area contributed by atoms with Crippen molar-refractivity contribution in [2.75, 3.05) is 6.54 Å². The largest absolute Gasteiger partial charge is 0.336 e. The molecule has 0 saturated heterocycles. The Labute approximate surface area is 156 Å². The van der Waals surface area contributed by atoms with Crippen LogP contribution in [0.5, 0.6) is 0 Å². The van der Waals surface area contributed by atoms with Gasteiger partial charge in [0.25, 0.3) is 11.4 Å². The lowest BCUT2D eigenvalue weighted by Crippen LogP contribution is -2.29. The first kappa shape index (κ1) is 16.4. The van der Waals surface area contributed by atoms with E-state index in [0.717, 1.165) is 36.5 Å². The van der Waals surface area contributed by atoms with E-state index in [0.29, 0.717) is 23.2 Å². The molecule has 0 bridgehead atoms. The molecule has 3 aromatic heterocycles. The zero-order valence-electron chi connectivity index (χ0n) is 15.5. The van der Waals surface area contributed by atoms with Crippen LogP contribution in [0.2, 0.25) is 0 Å². The summed E-state index contributed by atoms with van der Waals surface area (Å²) in [5.41, 5.74) is 2.82. The molecule has 5 rings (SSSR count). The minimum absolute atomic E-state index is 0.184. The Morgan fingerprint density at radius 3 is 3.00 bits per heavy atom. The van der Waals surface area contributed by atoms with Gasteiger partial charge >= 0.3 is 0 Å². The van der Waals surface area contributed by atoms with Gasteiger partial charge < -0.3 is 14.8 Å². The summed E-state index contributed by atoms with van der Waals surface area (Å²) in [7, 11) is 0. The van der Waals surface area contributed by atoms with Crippen LogP contribution in [0.25, 0.3) is 11.4 Å². The summed E-state index contributed by atoms with van der Waals surface area (Å²) in [4.78, 5) is 20.0. The van der Waals surface area contributed by atoms with Crippen molar-refractivity contribution in [3.05, 3.63) is 51.5 Å². The lowest BCUT2D eigenvalue weighted by atomic mass is 10.0. The molecule has 2 N–H and O–H groups in total. The fraction of sp³-hybridized carbons (Fsp3) is 0.474. The molecule has 0 unspecified atom stereocenters. The van der Waals surface area contributed by atoms with E-state index >= 15 is 0 Å². The van der Waals surface area contributed by atoms with E-state index in [1.165, 1.54) is 12.8 Å². The fourth-order valence-electron chi connectivity index (χ4n) is 3.52. The van der Waals surface area contributed by atoms with E-state index in [1.54, 1.807) is 0 Å². The highest BCUT2D eigenvalue weighted by molar-refractivity contribution is 5.55. The van der Waals surface area contributed by atoms with Gasteiger partial charge in [0.05, 0.1) is 11.3 Å². The van der Waals surface area contributed by atoms with Crippen molar-refractivity contribution in [3.63, 3.8) is 0 Å². The van der Waals surface area contributed by atoms with Gasteiger partial charge in [-0.1, -0.05) is 5.16 Å². The predicted octanol–water partition coefficient (Wildman–Crippen LogP) is 1.93. The Bertz CT molecular complexity index is 1060. The summed E-state index contributed by atoms with van der Waals surface area (Å²) >= 11 is 0. The van der Waals surface area contributed by atoms with Crippen molar-refractivity contribution in [2.45, 2.75) is 51.1 Å². The van der Waals surface area contributed by atoms with Gasteiger partial charge in [-0.25, -0.2) is 0 Å².